The highest BCUT2D eigenvalue weighted by Gasteiger charge is 1.83. The number of nitrogens with zero attached hydrogens (tertiary/aromatic N) is 9. The molecule has 1 aromatic carbocycles. The van der Waals surface area contributed by atoms with Gasteiger partial charge in [-0.05, 0) is 50.9 Å². The zero-order chi connectivity index (χ0) is 28.2. The van der Waals surface area contributed by atoms with Crippen LogP contribution in [0.5, 0.6) is 0 Å². The summed E-state index contributed by atoms with van der Waals surface area (Å²) in [5.41, 5.74) is 2.95. The Labute approximate surface area is 218 Å². The Hall–Kier alpha value is -3.75. The number of aryl methyl sites for hydroxylation is 4. The normalized spacial score (nSPS) is 8.00. The van der Waals surface area contributed by atoms with Gasteiger partial charge in [0.2, 0.25) is 0 Å². The van der Waals surface area contributed by atoms with Crippen molar-refractivity contribution >= 4 is 11.0 Å². The molecule has 202 valence electrons. The van der Waals surface area contributed by atoms with Crippen LogP contribution in [0.4, 0.5) is 0 Å². The van der Waals surface area contributed by atoms with Crippen LogP contribution in [0.3, 0.4) is 0 Å². The van der Waals surface area contributed by atoms with Gasteiger partial charge in [0.1, 0.15) is 0 Å². The van der Waals surface area contributed by atoms with Crippen molar-refractivity contribution in [1.29, 1.82) is 0 Å². The molecule has 5 rings (SSSR count). The summed E-state index contributed by atoms with van der Waals surface area (Å²) in [7, 11) is 0. The van der Waals surface area contributed by atoms with Crippen LogP contribution in [0.15, 0.2) is 55.5 Å². The highest BCUT2D eigenvalue weighted by Crippen LogP contribution is 2.07. The van der Waals surface area contributed by atoms with Crippen LogP contribution in [0.1, 0.15) is 78.6 Å². The van der Waals surface area contributed by atoms with E-state index in [1.54, 1.807) is 25.5 Å². The topological polar surface area (TPSA) is 121 Å². The van der Waals surface area contributed by atoms with Crippen LogP contribution in [0.2, 0.25) is 0 Å². The molecule has 9 nitrogen and oxygen atoms in total. The number of hydrogen-bond donors (Lipinski definition) is 0. The highest BCUT2D eigenvalue weighted by atomic mass is 15.2. The molecule has 0 aliphatic carbocycles. The third-order valence-corrected chi connectivity index (χ3v) is 3.12. The summed E-state index contributed by atoms with van der Waals surface area (Å²) >= 11 is 0. The summed E-state index contributed by atoms with van der Waals surface area (Å²) in [4.78, 5) is 27.2. The lowest BCUT2D eigenvalue weighted by molar-refractivity contribution is 1.04. The van der Waals surface area contributed by atoms with E-state index in [1.165, 1.54) is 12.7 Å². The summed E-state index contributed by atoms with van der Waals surface area (Å²) in [6, 6.07) is 7.87. The summed E-state index contributed by atoms with van der Waals surface area (Å²) in [6.45, 7) is 23.5. The first kappa shape index (κ1) is 36.8. The van der Waals surface area contributed by atoms with E-state index in [0.717, 1.165) is 34.2 Å². The Morgan fingerprint density at radius 1 is 0.667 bits per heavy atom. The second-order valence-electron chi connectivity index (χ2n) is 5.53. The molecule has 0 bridgehead atoms. The fourth-order valence-electron chi connectivity index (χ4n) is 1.89. The van der Waals surface area contributed by atoms with Crippen LogP contribution in [-0.2, 0) is 0 Å². The minimum absolute atomic E-state index is 0.731. The molecule has 5 aromatic rings. The Bertz CT molecular complexity index is 891. The van der Waals surface area contributed by atoms with E-state index in [4.69, 9.17) is 0 Å². The van der Waals surface area contributed by atoms with Gasteiger partial charge >= 0.3 is 0 Å². The Morgan fingerprint density at radius 3 is 1.61 bits per heavy atom. The molecule has 0 amide bonds. The molecular formula is C27H45N9-4. The monoisotopic (exact) mass is 495 g/mol. The zero-order valence-electron chi connectivity index (χ0n) is 24.2. The van der Waals surface area contributed by atoms with E-state index in [-0.39, 0.29) is 0 Å². The average molecular weight is 496 g/mol. The minimum Gasteiger partial charge on any atom is -0.450 e. The summed E-state index contributed by atoms with van der Waals surface area (Å²) in [5, 5.41) is 7.02. The van der Waals surface area contributed by atoms with Crippen molar-refractivity contribution in [1.82, 2.24) is 45.1 Å². The Kier molecular flexibility index (Phi) is 28.1. The van der Waals surface area contributed by atoms with Crippen LogP contribution in [0.25, 0.3) is 11.0 Å². The standard InChI is InChI=1S/C8H7N2.2C4H5N2.C3H4N3.4C2H6/c1-6-9-7-4-2-3-5-8(7)10-6;1-4-2-5-3-6-4;1-4-5-2-3-6-4;1-3-4-2-5-6-3;4*1-2/h2-5H,1H3;2*2-3H,1H3;2H,1H3;4*1-2H3/q4*-1;;;;. The van der Waals surface area contributed by atoms with Gasteiger partial charge in [0.15, 0.2) is 0 Å². The lowest BCUT2D eigenvalue weighted by Crippen LogP contribution is -1.72. The maximum Gasteiger partial charge on any atom is -0.0137 e. The molecule has 0 saturated carbocycles. The number of rotatable bonds is 0. The van der Waals surface area contributed by atoms with Crippen LogP contribution in [0, 0.1) is 27.7 Å². The fraction of sp³-hybridized carbons (Fsp3) is 0.444. The number of fused-ring (bicyclic) bond motifs is 1. The fourth-order valence-corrected chi connectivity index (χ4v) is 1.89. The first-order valence-electron chi connectivity index (χ1n) is 12.5. The molecule has 4 aromatic heterocycles. The van der Waals surface area contributed by atoms with Gasteiger partial charge in [-0.1, -0.05) is 122 Å². The van der Waals surface area contributed by atoms with Crippen LogP contribution in [-0.4, -0.2) is 25.1 Å². The first-order chi connectivity index (χ1) is 17.5. The molecule has 0 unspecified atom stereocenters. The van der Waals surface area contributed by atoms with E-state index >= 15 is 0 Å². The molecule has 0 aliphatic heterocycles. The summed E-state index contributed by atoms with van der Waals surface area (Å²) in [6.07, 6.45) is 8.04. The maximum atomic E-state index is 4.20. The van der Waals surface area contributed by atoms with E-state index in [0.29, 0.717) is 0 Å². The number of imidazole rings is 3. The third-order valence-electron chi connectivity index (χ3n) is 3.12. The molecular weight excluding hydrogens is 450 g/mol. The van der Waals surface area contributed by atoms with Gasteiger partial charge < -0.3 is 45.1 Å². The molecule has 0 fully saturated rings. The van der Waals surface area contributed by atoms with E-state index < -0.39 is 0 Å². The second-order valence-corrected chi connectivity index (χ2v) is 5.53. The molecule has 4 heterocycles. The predicted molar refractivity (Wildman–Crippen MR) is 150 cm³/mol. The number of benzene rings is 1. The average Bonchev–Trinajstić information content (AvgIpc) is 3.75. The van der Waals surface area contributed by atoms with E-state index in [1.807, 2.05) is 100 Å². The molecule has 0 radical (unpaired) electrons. The third kappa shape index (κ3) is 19.7. The van der Waals surface area contributed by atoms with Gasteiger partial charge in [0.25, 0.3) is 0 Å². The van der Waals surface area contributed by atoms with Crippen molar-refractivity contribution in [3.05, 3.63) is 78.7 Å². The van der Waals surface area contributed by atoms with Gasteiger partial charge in [-0.15, -0.1) is 0 Å². The van der Waals surface area contributed by atoms with Crippen molar-refractivity contribution in [3.8, 4) is 0 Å². The Morgan fingerprint density at radius 2 is 1.31 bits per heavy atom. The molecule has 0 atom stereocenters. The van der Waals surface area contributed by atoms with E-state index in [2.05, 4.69) is 45.1 Å². The van der Waals surface area contributed by atoms with Gasteiger partial charge in [0.05, 0.1) is 0 Å². The number of hydrogen-bond acceptors (Lipinski definition) is 5. The molecule has 0 N–H and O–H groups in total. The first-order valence-corrected chi connectivity index (χ1v) is 12.5. The van der Waals surface area contributed by atoms with Gasteiger partial charge in [-0.25, -0.2) is 0 Å². The predicted octanol–water partition coefficient (Wildman–Crippen LogP) is 6.04. The molecule has 0 aliphatic rings. The lowest BCUT2D eigenvalue weighted by atomic mass is 10.3. The van der Waals surface area contributed by atoms with Crippen LogP contribution >= 0.6 is 0 Å². The van der Waals surface area contributed by atoms with Gasteiger partial charge in [-0.2, -0.15) is 0 Å². The molecule has 9 heteroatoms. The SMILES string of the molecule is CC.CC.CC.CC.Cc1c[n-]cn1.Cc1nc2ccccc2[n-]1.Cc1ncc[n-]1.Cc1nnc[n-]1. The number of para-hydroxylation sites is 2. The highest BCUT2D eigenvalue weighted by molar-refractivity contribution is 5.74. The van der Waals surface area contributed by atoms with Crippen molar-refractivity contribution in [2.45, 2.75) is 83.1 Å². The molecule has 0 saturated heterocycles. The second kappa shape index (κ2) is 27.5. The lowest BCUT2D eigenvalue weighted by Gasteiger charge is -1.89. The quantitative estimate of drug-likeness (QED) is 0.253. The minimum atomic E-state index is 0.731. The smallest absolute Gasteiger partial charge is 0.0137 e. The maximum absolute atomic E-state index is 4.20. The van der Waals surface area contributed by atoms with Crippen molar-refractivity contribution in [3.63, 3.8) is 0 Å². The summed E-state index contributed by atoms with van der Waals surface area (Å²) in [5.74, 6) is 2.42. The van der Waals surface area contributed by atoms with E-state index in [9.17, 15) is 0 Å². The van der Waals surface area contributed by atoms with Crippen LogP contribution < -0.4 is 19.9 Å². The van der Waals surface area contributed by atoms with Gasteiger partial charge in [0, 0.05) is 0 Å². The van der Waals surface area contributed by atoms with Crippen molar-refractivity contribution < 1.29 is 0 Å². The van der Waals surface area contributed by atoms with Gasteiger partial charge in [-0.3, -0.25) is 0 Å². The van der Waals surface area contributed by atoms with Crippen molar-refractivity contribution in [2.24, 2.45) is 0 Å². The van der Waals surface area contributed by atoms with Crippen molar-refractivity contribution in [2.75, 3.05) is 0 Å². The largest absolute Gasteiger partial charge is 0.450 e. The molecule has 36 heavy (non-hydrogen) atoms. The number of aromatic nitrogens is 9. The Balaban J connectivity index is -0.000000376. The molecule has 0 spiro atoms. The summed E-state index contributed by atoms with van der Waals surface area (Å²) < 4.78 is 0. The zero-order valence-corrected chi connectivity index (χ0v) is 24.2.